The summed E-state index contributed by atoms with van der Waals surface area (Å²) in [5.74, 6) is -0.442. The second-order valence-electron chi connectivity index (χ2n) is 6.86. The molecule has 2 aromatic rings. The number of ether oxygens (including phenoxy) is 1. The van der Waals surface area contributed by atoms with E-state index in [-0.39, 0.29) is 6.03 Å². The number of carbonyl (C=O) groups excluding carboxylic acids is 2. The molecule has 2 amide bonds. The van der Waals surface area contributed by atoms with Crippen LogP contribution in [0, 0.1) is 0 Å². The first kappa shape index (κ1) is 20.5. The van der Waals surface area contributed by atoms with Gasteiger partial charge in [0.05, 0.1) is 18.7 Å². The maximum Gasteiger partial charge on any atom is 0.337 e. The van der Waals surface area contributed by atoms with Crippen LogP contribution in [0.4, 0.5) is 10.5 Å². The van der Waals surface area contributed by atoms with E-state index in [1.165, 1.54) is 12.7 Å². The highest BCUT2D eigenvalue weighted by Gasteiger charge is 2.32. The number of urea groups is 1. The Labute approximate surface area is 171 Å². The van der Waals surface area contributed by atoms with E-state index < -0.39 is 12.0 Å². The van der Waals surface area contributed by atoms with Crippen molar-refractivity contribution in [3.05, 3.63) is 77.0 Å². The van der Waals surface area contributed by atoms with Crippen LogP contribution in [0.2, 0.25) is 0 Å². The molecule has 2 N–H and O–H groups in total. The highest BCUT2D eigenvalue weighted by atomic mass is 16.5. The number of anilines is 1. The standard InChI is InChI=1S/C23H27N3O3/c1-4-19-20(22(27)29-3)21(25-23(28)24-19)17-11-13-18(14-12-17)26(5-2)15-16-9-7-6-8-10-16/h6-14,21H,4-5,15H2,1-3H3,(H2,24,25,28). The van der Waals surface area contributed by atoms with Gasteiger partial charge in [-0.05, 0) is 36.6 Å². The van der Waals surface area contributed by atoms with Crippen molar-refractivity contribution in [2.45, 2.75) is 32.9 Å². The predicted molar refractivity (Wildman–Crippen MR) is 113 cm³/mol. The lowest BCUT2D eigenvalue weighted by Gasteiger charge is -2.29. The molecule has 0 radical (unpaired) electrons. The van der Waals surface area contributed by atoms with Crippen molar-refractivity contribution in [3.8, 4) is 0 Å². The lowest BCUT2D eigenvalue weighted by atomic mass is 9.94. The first-order valence-electron chi connectivity index (χ1n) is 9.85. The molecular weight excluding hydrogens is 366 g/mol. The molecule has 1 heterocycles. The van der Waals surface area contributed by atoms with E-state index in [1.54, 1.807) is 0 Å². The van der Waals surface area contributed by atoms with Gasteiger partial charge < -0.3 is 20.3 Å². The van der Waals surface area contributed by atoms with E-state index in [4.69, 9.17) is 4.74 Å². The monoisotopic (exact) mass is 393 g/mol. The van der Waals surface area contributed by atoms with Crippen LogP contribution in [-0.2, 0) is 16.1 Å². The van der Waals surface area contributed by atoms with E-state index in [0.717, 1.165) is 24.3 Å². The molecule has 0 fully saturated rings. The van der Waals surface area contributed by atoms with Crippen molar-refractivity contribution in [2.75, 3.05) is 18.6 Å². The number of nitrogens with one attached hydrogen (secondary N) is 2. The van der Waals surface area contributed by atoms with Gasteiger partial charge in [0.25, 0.3) is 0 Å². The fraction of sp³-hybridized carbons (Fsp3) is 0.304. The van der Waals surface area contributed by atoms with Crippen LogP contribution in [0.1, 0.15) is 37.4 Å². The minimum atomic E-state index is -0.538. The molecule has 29 heavy (non-hydrogen) atoms. The Morgan fingerprint density at radius 1 is 1.07 bits per heavy atom. The molecule has 6 nitrogen and oxygen atoms in total. The van der Waals surface area contributed by atoms with E-state index in [0.29, 0.717) is 17.7 Å². The molecule has 1 aliphatic rings. The summed E-state index contributed by atoms with van der Waals surface area (Å²) in [6.07, 6.45) is 0.535. The predicted octanol–water partition coefficient (Wildman–Crippen LogP) is 3.90. The number of nitrogens with zero attached hydrogens (tertiary/aromatic N) is 1. The smallest absolute Gasteiger partial charge is 0.337 e. The van der Waals surface area contributed by atoms with Crippen LogP contribution >= 0.6 is 0 Å². The third-order valence-electron chi connectivity index (χ3n) is 5.10. The number of allylic oxidation sites excluding steroid dienone is 1. The Kier molecular flexibility index (Phi) is 6.54. The van der Waals surface area contributed by atoms with E-state index in [1.807, 2.05) is 49.4 Å². The molecule has 0 saturated carbocycles. The number of benzene rings is 2. The van der Waals surface area contributed by atoms with Gasteiger partial charge in [-0.2, -0.15) is 0 Å². The van der Waals surface area contributed by atoms with Crippen molar-refractivity contribution >= 4 is 17.7 Å². The molecule has 3 rings (SSSR count). The Morgan fingerprint density at radius 3 is 2.34 bits per heavy atom. The minimum Gasteiger partial charge on any atom is -0.466 e. The third-order valence-corrected chi connectivity index (χ3v) is 5.10. The molecule has 0 aromatic heterocycles. The van der Waals surface area contributed by atoms with Gasteiger partial charge in [-0.1, -0.05) is 49.4 Å². The lowest BCUT2D eigenvalue weighted by Crippen LogP contribution is -2.45. The highest BCUT2D eigenvalue weighted by molar-refractivity contribution is 5.95. The average Bonchev–Trinajstić information content (AvgIpc) is 2.77. The minimum absolute atomic E-state index is 0.317. The van der Waals surface area contributed by atoms with Gasteiger partial charge in [0.1, 0.15) is 0 Å². The quantitative estimate of drug-likeness (QED) is 0.700. The second-order valence-corrected chi connectivity index (χ2v) is 6.86. The normalized spacial score (nSPS) is 16.1. The number of methoxy groups -OCH3 is 1. The van der Waals surface area contributed by atoms with Gasteiger partial charge in [-0.25, -0.2) is 9.59 Å². The fourth-order valence-electron chi connectivity index (χ4n) is 3.56. The Hall–Kier alpha value is -3.28. The summed E-state index contributed by atoms with van der Waals surface area (Å²) in [7, 11) is 1.35. The SMILES string of the molecule is CCC1=C(C(=O)OC)C(c2ccc(N(CC)Cc3ccccc3)cc2)NC(=O)N1. The maximum absolute atomic E-state index is 12.4. The largest absolute Gasteiger partial charge is 0.466 e. The van der Waals surface area contributed by atoms with Crippen molar-refractivity contribution in [1.29, 1.82) is 0 Å². The summed E-state index contributed by atoms with van der Waals surface area (Å²) >= 11 is 0. The zero-order chi connectivity index (χ0) is 20.8. The van der Waals surface area contributed by atoms with Crippen LogP contribution in [0.25, 0.3) is 0 Å². The van der Waals surface area contributed by atoms with E-state index >= 15 is 0 Å². The van der Waals surface area contributed by atoms with Crippen LogP contribution in [0.5, 0.6) is 0 Å². The zero-order valence-corrected chi connectivity index (χ0v) is 17.1. The highest BCUT2D eigenvalue weighted by Crippen LogP contribution is 2.30. The Bertz CT molecular complexity index is 891. The molecule has 0 saturated heterocycles. The molecule has 0 bridgehead atoms. The summed E-state index contributed by atoms with van der Waals surface area (Å²) in [5, 5.41) is 5.56. The molecule has 6 heteroatoms. The second kappa shape index (κ2) is 9.28. The summed E-state index contributed by atoms with van der Waals surface area (Å²) in [5.41, 5.74) is 4.20. The van der Waals surface area contributed by atoms with Gasteiger partial charge in [0.15, 0.2) is 0 Å². The van der Waals surface area contributed by atoms with Crippen molar-refractivity contribution in [3.63, 3.8) is 0 Å². The zero-order valence-electron chi connectivity index (χ0n) is 17.1. The number of rotatable bonds is 7. The molecule has 1 unspecified atom stereocenters. The molecular formula is C23H27N3O3. The van der Waals surface area contributed by atoms with Crippen LogP contribution in [-0.4, -0.2) is 25.7 Å². The van der Waals surface area contributed by atoms with Gasteiger partial charge in [-0.3, -0.25) is 0 Å². The number of carbonyl (C=O) groups is 2. The van der Waals surface area contributed by atoms with Crippen LogP contribution in [0.15, 0.2) is 65.9 Å². The van der Waals surface area contributed by atoms with Gasteiger partial charge in [-0.15, -0.1) is 0 Å². The van der Waals surface area contributed by atoms with Crippen LogP contribution < -0.4 is 15.5 Å². The first-order chi connectivity index (χ1) is 14.1. The molecule has 2 aromatic carbocycles. The Balaban J connectivity index is 1.87. The summed E-state index contributed by atoms with van der Waals surface area (Å²) in [4.78, 5) is 26.7. The summed E-state index contributed by atoms with van der Waals surface area (Å²) in [6, 6.07) is 17.4. The van der Waals surface area contributed by atoms with Crippen molar-refractivity contribution < 1.29 is 14.3 Å². The fourth-order valence-corrected chi connectivity index (χ4v) is 3.56. The lowest BCUT2D eigenvalue weighted by molar-refractivity contribution is -0.136. The molecule has 0 aliphatic carbocycles. The number of amides is 2. The van der Waals surface area contributed by atoms with E-state index in [9.17, 15) is 9.59 Å². The van der Waals surface area contributed by atoms with Crippen molar-refractivity contribution in [1.82, 2.24) is 10.6 Å². The topological polar surface area (TPSA) is 70.7 Å². The number of esters is 1. The number of hydrogen-bond acceptors (Lipinski definition) is 4. The van der Waals surface area contributed by atoms with Crippen molar-refractivity contribution in [2.24, 2.45) is 0 Å². The third kappa shape index (κ3) is 4.59. The summed E-state index contributed by atoms with van der Waals surface area (Å²) < 4.78 is 4.96. The molecule has 1 atom stereocenters. The molecule has 0 spiro atoms. The molecule has 1 aliphatic heterocycles. The van der Waals surface area contributed by atoms with Crippen LogP contribution in [0.3, 0.4) is 0 Å². The van der Waals surface area contributed by atoms with E-state index in [2.05, 4.69) is 34.6 Å². The van der Waals surface area contributed by atoms with Gasteiger partial charge >= 0.3 is 12.0 Å². The average molecular weight is 393 g/mol. The summed E-state index contributed by atoms with van der Waals surface area (Å²) in [6.45, 7) is 5.70. The first-order valence-corrected chi connectivity index (χ1v) is 9.85. The maximum atomic E-state index is 12.4. The number of hydrogen-bond donors (Lipinski definition) is 2. The molecule has 152 valence electrons. The van der Waals surface area contributed by atoms with Gasteiger partial charge in [0.2, 0.25) is 0 Å². The Morgan fingerprint density at radius 2 is 1.76 bits per heavy atom. The van der Waals surface area contributed by atoms with Gasteiger partial charge in [0, 0.05) is 24.5 Å².